The van der Waals surface area contributed by atoms with Gasteiger partial charge in [0.2, 0.25) is 0 Å². The zero-order valence-corrected chi connectivity index (χ0v) is 14.7. The Bertz CT molecular complexity index is 474. The smallest absolute Gasteiger partial charge is 0.123 e. The molecular formula is C20H32O3. The van der Waals surface area contributed by atoms with Crippen LogP contribution in [0, 0.1) is 35.0 Å². The van der Waals surface area contributed by atoms with E-state index in [0.717, 1.165) is 44.1 Å². The monoisotopic (exact) mass is 320 g/mol. The number of fused-ring (bicyclic) bond motifs is 5. The van der Waals surface area contributed by atoms with Crippen molar-refractivity contribution in [2.24, 2.45) is 35.0 Å². The topological polar surface area (TPSA) is 46.5 Å². The summed E-state index contributed by atoms with van der Waals surface area (Å²) in [5, 5.41) is 10.4. The number of carbonyl (C=O) groups is 1. The average molecular weight is 320 g/mol. The maximum atomic E-state index is 11.6. The van der Waals surface area contributed by atoms with Crippen molar-refractivity contribution in [3.63, 3.8) is 0 Å². The summed E-state index contributed by atoms with van der Waals surface area (Å²) in [6.07, 6.45) is 10.4. The molecule has 8 atom stereocenters. The van der Waals surface area contributed by atoms with Gasteiger partial charge in [0, 0.05) is 17.9 Å². The molecule has 0 radical (unpaired) electrons. The van der Waals surface area contributed by atoms with Gasteiger partial charge in [-0.1, -0.05) is 6.92 Å². The summed E-state index contributed by atoms with van der Waals surface area (Å²) in [7, 11) is 0. The van der Waals surface area contributed by atoms with Gasteiger partial charge in [0.05, 0.1) is 11.7 Å². The van der Waals surface area contributed by atoms with Crippen LogP contribution in [0.5, 0.6) is 0 Å². The van der Waals surface area contributed by atoms with E-state index in [-0.39, 0.29) is 17.4 Å². The van der Waals surface area contributed by atoms with Crippen molar-refractivity contribution in [1.82, 2.24) is 0 Å². The molecule has 0 amide bonds. The standard InChI is InChI=1S/C20H32O3/c1-19(22)8-5-15-13(11-19)3-4-17-16(15)6-9-20(2)14(12-21)7-10-23-18(17)20/h12-18,22H,3-11H2,1-2H3/t13-,14-,15+,16?,17?,18?,19-,20-/m1/s1. The van der Waals surface area contributed by atoms with Crippen LogP contribution in [-0.4, -0.2) is 29.7 Å². The minimum Gasteiger partial charge on any atom is -0.390 e. The number of aldehydes is 1. The lowest BCUT2D eigenvalue weighted by molar-refractivity contribution is -0.195. The van der Waals surface area contributed by atoms with Crippen molar-refractivity contribution in [3.8, 4) is 0 Å². The zero-order valence-electron chi connectivity index (χ0n) is 14.7. The fourth-order valence-electron chi connectivity index (χ4n) is 6.85. The summed E-state index contributed by atoms with van der Waals surface area (Å²) < 4.78 is 6.30. The Morgan fingerprint density at radius 3 is 2.57 bits per heavy atom. The fraction of sp³-hybridized carbons (Fsp3) is 0.950. The molecule has 0 bridgehead atoms. The Labute approximate surface area is 140 Å². The van der Waals surface area contributed by atoms with Crippen LogP contribution in [0.1, 0.15) is 65.2 Å². The van der Waals surface area contributed by atoms with Crippen molar-refractivity contribution in [2.45, 2.75) is 76.9 Å². The lowest BCUT2D eigenvalue weighted by atomic mass is 9.49. The van der Waals surface area contributed by atoms with Crippen LogP contribution in [0.3, 0.4) is 0 Å². The molecule has 4 rings (SSSR count). The van der Waals surface area contributed by atoms with E-state index in [1.165, 1.54) is 32.0 Å². The Hall–Kier alpha value is -0.410. The molecule has 0 spiro atoms. The van der Waals surface area contributed by atoms with Crippen LogP contribution in [0.15, 0.2) is 0 Å². The van der Waals surface area contributed by atoms with Crippen molar-refractivity contribution in [3.05, 3.63) is 0 Å². The predicted molar refractivity (Wildman–Crippen MR) is 88.9 cm³/mol. The zero-order chi connectivity index (χ0) is 16.2. The van der Waals surface area contributed by atoms with Crippen molar-refractivity contribution < 1.29 is 14.6 Å². The first-order valence-corrected chi connectivity index (χ1v) is 9.74. The summed E-state index contributed by atoms with van der Waals surface area (Å²) in [4.78, 5) is 11.6. The lowest BCUT2D eigenvalue weighted by Crippen LogP contribution is -2.58. The summed E-state index contributed by atoms with van der Waals surface area (Å²) in [6, 6.07) is 0. The molecule has 4 aliphatic rings. The molecule has 3 unspecified atom stereocenters. The Balaban J connectivity index is 1.56. The predicted octanol–water partition coefficient (Wildman–Crippen LogP) is 3.58. The molecule has 3 heteroatoms. The molecule has 1 heterocycles. The first-order chi connectivity index (χ1) is 10.9. The van der Waals surface area contributed by atoms with Crippen LogP contribution in [0.2, 0.25) is 0 Å². The highest BCUT2D eigenvalue weighted by Gasteiger charge is 2.57. The number of aliphatic hydroxyl groups is 1. The second-order valence-electron chi connectivity index (χ2n) is 9.44. The van der Waals surface area contributed by atoms with Gasteiger partial charge in [-0.2, -0.15) is 0 Å². The SMILES string of the molecule is C[C@@]1(O)CC[C@@H]2C3CC[C@@]4(C)C(OCC[C@@H]4C=O)C3CC[C@@H]2C1. The maximum absolute atomic E-state index is 11.6. The van der Waals surface area contributed by atoms with Gasteiger partial charge in [0.1, 0.15) is 6.29 Å². The number of carbonyl (C=O) groups excluding carboxylic acids is 1. The van der Waals surface area contributed by atoms with E-state index >= 15 is 0 Å². The quantitative estimate of drug-likeness (QED) is 0.751. The first kappa shape index (κ1) is 16.1. The largest absolute Gasteiger partial charge is 0.390 e. The molecule has 0 aromatic rings. The molecule has 4 fully saturated rings. The van der Waals surface area contributed by atoms with Gasteiger partial charge in [0.15, 0.2) is 0 Å². The molecule has 3 saturated carbocycles. The van der Waals surface area contributed by atoms with Crippen LogP contribution in [-0.2, 0) is 9.53 Å². The normalized spacial score (nSPS) is 56.1. The van der Waals surface area contributed by atoms with E-state index in [2.05, 4.69) is 6.92 Å². The second kappa shape index (κ2) is 5.56. The highest BCUT2D eigenvalue weighted by molar-refractivity contribution is 5.55. The van der Waals surface area contributed by atoms with Gasteiger partial charge >= 0.3 is 0 Å². The second-order valence-corrected chi connectivity index (χ2v) is 9.44. The molecule has 3 aliphatic carbocycles. The van der Waals surface area contributed by atoms with E-state index in [4.69, 9.17) is 4.74 Å². The van der Waals surface area contributed by atoms with Crippen molar-refractivity contribution >= 4 is 6.29 Å². The van der Waals surface area contributed by atoms with Crippen molar-refractivity contribution in [2.75, 3.05) is 6.61 Å². The minimum atomic E-state index is -0.443. The van der Waals surface area contributed by atoms with Crippen LogP contribution < -0.4 is 0 Å². The molecule has 3 nitrogen and oxygen atoms in total. The van der Waals surface area contributed by atoms with E-state index in [0.29, 0.717) is 11.8 Å². The number of rotatable bonds is 1. The number of hydrogen-bond donors (Lipinski definition) is 1. The Morgan fingerprint density at radius 2 is 1.78 bits per heavy atom. The number of hydrogen-bond acceptors (Lipinski definition) is 3. The molecule has 0 aromatic heterocycles. The van der Waals surface area contributed by atoms with Gasteiger partial charge in [0.25, 0.3) is 0 Å². The summed E-state index contributed by atoms with van der Waals surface area (Å²) in [5.74, 6) is 3.06. The van der Waals surface area contributed by atoms with E-state index in [9.17, 15) is 9.90 Å². The average Bonchev–Trinajstić information content (AvgIpc) is 2.52. The molecule has 1 aliphatic heterocycles. The summed E-state index contributed by atoms with van der Waals surface area (Å²) in [6.45, 7) is 5.09. The fourth-order valence-corrected chi connectivity index (χ4v) is 6.85. The molecule has 130 valence electrons. The third-order valence-electron chi connectivity index (χ3n) is 8.09. The lowest BCUT2D eigenvalue weighted by Gasteiger charge is -2.59. The van der Waals surface area contributed by atoms with E-state index < -0.39 is 5.60 Å². The minimum absolute atomic E-state index is 0.0637. The third-order valence-corrected chi connectivity index (χ3v) is 8.09. The number of ether oxygens (including phenoxy) is 1. The first-order valence-electron chi connectivity index (χ1n) is 9.74. The van der Waals surface area contributed by atoms with E-state index in [1.807, 2.05) is 6.92 Å². The molecule has 1 N–H and O–H groups in total. The highest BCUT2D eigenvalue weighted by Crippen LogP contribution is 2.59. The maximum Gasteiger partial charge on any atom is 0.123 e. The summed E-state index contributed by atoms with van der Waals surface area (Å²) >= 11 is 0. The molecule has 0 aromatic carbocycles. The Kier molecular flexibility index (Phi) is 3.88. The molecular weight excluding hydrogens is 288 g/mol. The third kappa shape index (κ3) is 2.50. The van der Waals surface area contributed by atoms with Crippen molar-refractivity contribution in [1.29, 1.82) is 0 Å². The Morgan fingerprint density at radius 1 is 1.00 bits per heavy atom. The highest BCUT2D eigenvalue weighted by atomic mass is 16.5. The van der Waals surface area contributed by atoms with Crippen LogP contribution in [0.25, 0.3) is 0 Å². The molecule has 23 heavy (non-hydrogen) atoms. The van der Waals surface area contributed by atoms with Gasteiger partial charge in [-0.05, 0) is 82.0 Å². The summed E-state index contributed by atoms with van der Waals surface area (Å²) in [5.41, 5.74) is -0.380. The van der Waals surface area contributed by atoms with E-state index in [1.54, 1.807) is 0 Å². The van der Waals surface area contributed by atoms with Gasteiger partial charge in [-0.25, -0.2) is 0 Å². The molecule has 1 saturated heterocycles. The van der Waals surface area contributed by atoms with Crippen LogP contribution in [0.4, 0.5) is 0 Å². The van der Waals surface area contributed by atoms with Gasteiger partial charge in [-0.15, -0.1) is 0 Å². The van der Waals surface area contributed by atoms with Gasteiger partial charge < -0.3 is 14.6 Å². The van der Waals surface area contributed by atoms with Crippen LogP contribution >= 0.6 is 0 Å². The van der Waals surface area contributed by atoms with Gasteiger partial charge in [-0.3, -0.25) is 0 Å².